The van der Waals surface area contributed by atoms with Crippen LogP contribution in [-0.4, -0.2) is 7.11 Å². The molecule has 0 amide bonds. The van der Waals surface area contributed by atoms with Crippen LogP contribution in [0.1, 0.15) is 11.1 Å². The van der Waals surface area contributed by atoms with Crippen LogP contribution in [0, 0.1) is 0 Å². The Morgan fingerprint density at radius 3 is 2.30 bits per heavy atom. The highest BCUT2D eigenvalue weighted by atomic mass is 79.9. The third-order valence-electron chi connectivity index (χ3n) is 4.00. The maximum atomic E-state index is 6.13. The second-order valence-electron chi connectivity index (χ2n) is 5.83. The molecule has 0 aliphatic rings. The summed E-state index contributed by atoms with van der Waals surface area (Å²) in [5.74, 6) is 1.41. The average molecular weight is 512 g/mol. The molecule has 27 heavy (non-hydrogen) atoms. The molecule has 0 bridgehead atoms. The van der Waals surface area contributed by atoms with Crippen LogP contribution < -0.4 is 14.8 Å². The molecule has 6 heteroatoms. The molecule has 140 valence electrons. The summed E-state index contributed by atoms with van der Waals surface area (Å²) in [6.45, 7) is 1.02. The first-order valence-corrected chi connectivity index (χ1v) is 10.3. The summed E-state index contributed by atoms with van der Waals surface area (Å²) in [6.07, 6.45) is 0. The largest absolute Gasteiger partial charge is 0.493 e. The molecule has 3 nitrogen and oxygen atoms in total. The van der Waals surface area contributed by atoms with Crippen LogP contribution in [0.25, 0.3) is 0 Å². The number of ether oxygens (including phenoxy) is 2. The van der Waals surface area contributed by atoms with Crippen molar-refractivity contribution in [1.29, 1.82) is 0 Å². The van der Waals surface area contributed by atoms with Gasteiger partial charge in [-0.3, -0.25) is 0 Å². The molecule has 0 atom stereocenters. The predicted octanol–water partition coefficient (Wildman–Crippen LogP) is 7.06. The lowest BCUT2D eigenvalue weighted by molar-refractivity contribution is 0.281. The van der Waals surface area contributed by atoms with Gasteiger partial charge in [0.1, 0.15) is 6.61 Å². The van der Waals surface area contributed by atoms with Gasteiger partial charge in [-0.05, 0) is 54.1 Å². The van der Waals surface area contributed by atoms with Crippen LogP contribution in [0.4, 0.5) is 5.69 Å². The van der Waals surface area contributed by atoms with Gasteiger partial charge in [0.25, 0.3) is 0 Å². The van der Waals surface area contributed by atoms with Crippen molar-refractivity contribution in [3.05, 3.63) is 85.8 Å². The Labute approximate surface area is 180 Å². The lowest BCUT2D eigenvalue weighted by atomic mass is 10.1. The summed E-state index contributed by atoms with van der Waals surface area (Å²) in [5.41, 5.74) is 3.05. The number of rotatable bonds is 7. The molecule has 3 aromatic rings. The molecule has 0 radical (unpaired) electrons. The van der Waals surface area contributed by atoms with Gasteiger partial charge in [-0.1, -0.05) is 55.6 Å². The fourth-order valence-corrected chi connectivity index (χ4v) is 3.40. The Kier molecular flexibility index (Phi) is 7.05. The van der Waals surface area contributed by atoms with E-state index in [1.54, 1.807) is 7.11 Å². The summed E-state index contributed by atoms with van der Waals surface area (Å²) >= 11 is 13.0. The van der Waals surface area contributed by atoms with Crippen molar-refractivity contribution in [2.45, 2.75) is 13.2 Å². The molecule has 0 unspecified atom stereocenters. The molecule has 3 aromatic carbocycles. The smallest absolute Gasteiger partial charge is 0.167 e. The van der Waals surface area contributed by atoms with E-state index < -0.39 is 0 Å². The van der Waals surface area contributed by atoms with Gasteiger partial charge in [-0.2, -0.15) is 0 Å². The van der Waals surface area contributed by atoms with E-state index >= 15 is 0 Å². The molecule has 0 aliphatic carbocycles. The predicted molar refractivity (Wildman–Crippen MR) is 118 cm³/mol. The van der Waals surface area contributed by atoms with Crippen LogP contribution in [-0.2, 0) is 13.2 Å². The molecular formula is C21H18Br2ClNO2. The molecule has 0 saturated heterocycles. The minimum Gasteiger partial charge on any atom is -0.493 e. The first kappa shape index (κ1) is 20.1. The maximum Gasteiger partial charge on any atom is 0.167 e. The Balaban J connectivity index is 1.81. The lowest BCUT2D eigenvalue weighted by Gasteiger charge is -2.18. The normalized spacial score (nSPS) is 10.5. The zero-order chi connectivity index (χ0) is 19.2. The summed E-state index contributed by atoms with van der Waals surface area (Å²) in [6, 6.07) is 19.5. The quantitative estimate of drug-likeness (QED) is 0.368. The zero-order valence-electron chi connectivity index (χ0n) is 14.6. The van der Waals surface area contributed by atoms with Gasteiger partial charge in [-0.25, -0.2) is 0 Å². The van der Waals surface area contributed by atoms with E-state index in [0.29, 0.717) is 29.7 Å². The summed E-state index contributed by atoms with van der Waals surface area (Å²) in [5, 5.41) is 4.13. The third-order valence-corrected chi connectivity index (χ3v) is 5.52. The van der Waals surface area contributed by atoms with Gasteiger partial charge in [0.05, 0.1) is 7.11 Å². The van der Waals surface area contributed by atoms with Gasteiger partial charge >= 0.3 is 0 Å². The monoisotopic (exact) mass is 509 g/mol. The topological polar surface area (TPSA) is 30.5 Å². The molecule has 3 rings (SSSR count). The second kappa shape index (κ2) is 9.49. The van der Waals surface area contributed by atoms with Gasteiger partial charge in [-0.15, -0.1) is 0 Å². The molecule has 0 fully saturated rings. The highest BCUT2D eigenvalue weighted by Gasteiger charge is 2.15. The van der Waals surface area contributed by atoms with E-state index in [1.165, 1.54) is 0 Å². The van der Waals surface area contributed by atoms with Crippen molar-refractivity contribution in [3.63, 3.8) is 0 Å². The molecule has 0 spiro atoms. The van der Waals surface area contributed by atoms with Crippen molar-refractivity contribution < 1.29 is 9.47 Å². The average Bonchev–Trinajstić information content (AvgIpc) is 2.68. The Bertz CT molecular complexity index is 899. The Hall–Kier alpha value is -1.69. The fraction of sp³-hybridized carbons (Fsp3) is 0.143. The van der Waals surface area contributed by atoms with Crippen molar-refractivity contribution in [1.82, 2.24) is 0 Å². The van der Waals surface area contributed by atoms with E-state index in [0.717, 1.165) is 25.8 Å². The Morgan fingerprint density at radius 1 is 0.926 bits per heavy atom. The van der Waals surface area contributed by atoms with E-state index in [4.69, 9.17) is 21.1 Å². The van der Waals surface area contributed by atoms with E-state index in [9.17, 15) is 0 Å². The molecule has 0 saturated carbocycles. The van der Waals surface area contributed by atoms with Crippen molar-refractivity contribution in [2.75, 3.05) is 12.4 Å². The number of methoxy groups -OCH3 is 1. The first-order valence-electron chi connectivity index (χ1n) is 8.29. The van der Waals surface area contributed by atoms with E-state index in [-0.39, 0.29) is 0 Å². The minimum atomic E-state index is 0.426. The third kappa shape index (κ3) is 5.41. The van der Waals surface area contributed by atoms with Gasteiger partial charge in [0.2, 0.25) is 0 Å². The summed E-state index contributed by atoms with van der Waals surface area (Å²) in [4.78, 5) is 0. The first-order chi connectivity index (χ1) is 13.1. The minimum absolute atomic E-state index is 0.426. The van der Waals surface area contributed by atoms with Crippen LogP contribution in [0.3, 0.4) is 0 Å². The van der Waals surface area contributed by atoms with Gasteiger partial charge in [0.15, 0.2) is 11.5 Å². The van der Waals surface area contributed by atoms with Crippen LogP contribution in [0.15, 0.2) is 69.6 Å². The van der Waals surface area contributed by atoms with Crippen LogP contribution in [0.2, 0.25) is 5.02 Å². The number of hydrogen-bond acceptors (Lipinski definition) is 3. The van der Waals surface area contributed by atoms with Crippen molar-refractivity contribution in [3.8, 4) is 11.5 Å². The van der Waals surface area contributed by atoms with Crippen LogP contribution >= 0.6 is 43.5 Å². The Morgan fingerprint density at radius 2 is 1.63 bits per heavy atom. The number of benzene rings is 3. The number of nitrogens with one attached hydrogen (secondary N) is 1. The molecule has 0 aliphatic heterocycles. The summed E-state index contributed by atoms with van der Waals surface area (Å²) in [7, 11) is 1.64. The van der Waals surface area contributed by atoms with E-state index in [2.05, 4.69) is 37.2 Å². The highest BCUT2D eigenvalue weighted by Crippen LogP contribution is 2.37. The molecule has 1 N–H and O–H groups in total. The summed E-state index contributed by atoms with van der Waals surface area (Å²) < 4.78 is 13.6. The molecule has 0 aromatic heterocycles. The van der Waals surface area contributed by atoms with E-state index in [1.807, 2.05) is 60.7 Å². The van der Waals surface area contributed by atoms with Gasteiger partial charge < -0.3 is 14.8 Å². The number of hydrogen-bond donors (Lipinski definition) is 1. The van der Waals surface area contributed by atoms with Crippen molar-refractivity contribution >= 4 is 49.1 Å². The maximum absolute atomic E-state index is 6.13. The molecular weight excluding hydrogens is 493 g/mol. The zero-order valence-corrected chi connectivity index (χ0v) is 18.6. The standard InChI is InChI=1S/C21H18Br2ClNO2/c1-26-20-11-10-19(23)18(12-25-17-8-4-15(22)5-9-17)21(20)27-13-14-2-6-16(24)7-3-14/h2-11,25H,12-13H2,1H3. The van der Waals surface area contributed by atoms with Crippen molar-refractivity contribution in [2.24, 2.45) is 0 Å². The highest BCUT2D eigenvalue weighted by molar-refractivity contribution is 9.10. The SMILES string of the molecule is COc1ccc(Br)c(CNc2ccc(Br)cc2)c1OCc1ccc(Cl)cc1. The second-order valence-corrected chi connectivity index (χ2v) is 8.04. The number of anilines is 1. The molecule has 0 heterocycles. The lowest BCUT2D eigenvalue weighted by Crippen LogP contribution is -2.06. The van der Waals surface area contributed by atoms with Gasteiger partial charge in [0, 0.05) is 31.8 Å². The fourth-order valence-electron chi connectivity index (χ4n) is 2.56. The van der Waals surface area contributed by atoms with Crippen LogP contribution in [0.5, 0.6) is 11.5 Å². The number of halogens is 3.